The number of halogens is 3. The van der Waals surface area contributed by atoms with Gasteiger partial charge in [0.05, 0.1) is 5.69 Å². The average Bonchev–Trinajstić information content (AvgIpc) is 3.01. The molecule has 1 aliphatic carbocycles. The first-order valence-corrected chi connectivity index (χ1v) is 14.4. The number of benzene rings is 1. The molecule has 0 spiro atoms. The number of hydrogen-bond donors (Lipinski definition) is 1. The van der Waals surface area contributed by atoms with Crippen LogP contribution in [0.4, 0.5) is 4.79 Å². The third-order valence-electron chi connectivity index (χ3n) is 7.77. The van der Waals surface area contributed by atoms with Crippen molar-refractivity contribution in [3.8, 4) is 0 Å². The van der Waals surface area contributed by atoms with Gasteiger partial charge in [-0.1, -0.05) is 39.2 Å². The molecule has 0 unspecified atom stereocenters. The number of aryl methyl sites for hydroxylation is 2. The Morgan fingerprint density at radius 1 is 1.03 bits per heavy atom. The predicted octanol–water partition coefficient (Wildman–Crippen LogP) is 5.83. The van der Waals surface area contributed by atoms with E-state index in [0.29, 0.717) is 31.8 Å². The van der Waals surface area contributed by atoms with Crippen molar-refractivity contribution < 1.29 is 9.59 Å². The molecule has 1 saturated heterocycles. The molecule has 0 bridgehead atoms. The number of likely N-dealkylation sites (tertiary alicyclic amines) is 1. The van der Waals surface area contributed by atoms with Gasteiger partial charge in [-0.25, -0.2) is 4.79 Å². The van der Waals surface area contributed by atoms with Gasteiger partial charge in [-0.2, -0.15) is 0 Å². The standard InChI is InChI=1S/C27H29Br2ClN4O2/c28-20-12-19-2-1-18-13-21(30)14-22(29)24(18)25(26(19)32-15-20)17-5-9-33(10-6-17)23(35)11-16-3-7-34(8-4-16)27(31)36/h3,12-15,17,25H,1-2,4-11H2,(H2,31,36)/t25-/m1/s1. The summed E-state index contributed by atoms with van der Waals surface area (Å²) in [6, 6.07) is 5.89. The molecule has 2 aromatic rings. The van der Waals surface area contributed by atoms with E-state index in [1.165, 1.54) is 16.7 Å². The van der Waals surface area contributed by atoms with Crippen molar-refractivity contribution in [1.29, 1.82) is 0 Å². The van der Waals surface area contributed by atoms with Crippen LogP contribution in [0.5, 0.6) is 0 Å². The molecule has 6 nitrogen and oxygen atoms in total. The number of fused-ring (bicyclic) bond motifs is 2. The van der Waals surface area contributed by atoms with Crippen LogP contribution in [-0.2, 0) is 17.6 Å². The highest BCUT2D eigenvalue weighted by molar-refractivity contribution is 9.10. The number of piperidine rings is 1. The summed E-state index contributed by atoms with van der Waals surface area (Å²) >= 11 is 13.9. The van der Waals surface area contributed by atoms with Gasteiger partial charge >= 0.3 is 6.03 Å². The Kier molecular flexibility index (Phi) is 7.75. The molecule has 1 atom stereocenters. The quantitative estimate of drug-likeness (QED) is 0.431. The number of carbonyl (C=O) groups is 2. The van der Waals surface area contributed by atoms with Crippen LogP contribution in [0, 0.1) is 5.92 Å². The van der Waals surface area contributed by atoms with Gasteiger partial charge in [-0.15, -0.1) is 0 Å². The normalized spacial score (nSPS) is 20.3. The third kappa shape index (κ3) is 5.36. The van der Waals surface area contributed by atoms with Crippen molar-refractivity contribution in [2.75, 3.05) is 26.2 Å². The minimum Gasteiger partial charge on any atom is -0.351 e. The molecule has 2 N–H and O–H groups in total. The Morgan fingerprint density at radius 3 is 2.47 bits per heavy atom. The van der Waals surface area contributed by atoms with Crippen LogP contribution in [0.15, 0.2) is 45.0 Å². The van der Waals surface area contributed by atoms with Crippen LogP contribution in [0.3, 0.4) is 0 Å². The lowest BCUT2D eigenvalue weighted by Crippen LogP contribution is -2.41. The Labute approximate surface area is 233 Å². The highest BCUT2D eigenvalue weighted by Crippen LogP contribution is 2.46. The monoisotopic (exact) mass is 634 g/mol. The molecule has 0 saturated carbocycles. The van der Waals surface area contributed by atoms with Gasteiger partial charge in [-0.3, -0.25) is 9.78 Å². The third-order valence-corrected chi connectivity index (χ3v) is 9.08. The second-order valence-corrected chi connectivity index (χ2v) is 12.1. The molecule has 1 aromatic heterocycles. The molecule has 3 amide bonds. The molecular formula is C27H29Br2ClN4O2. The van der Waals surface area contributed by atoms with Gasteiger partial charge in [0.25, 0.3) is 0 Å². The maximum absolute atomic E-state index is 13.1. The number of rotatable bonds is 3. The molecule has 1 fully saturated rings. The molecule has 2 aliphatic heterocycles. The number of pyridine rings is 1. The maximum Gasteiger partial charge on any atom is 0.315 e. The number of amides is 3. The SMILES string of the molecule is NC(=O)N1CC=C(CC(=O)N2CCC([C@H]3c4ncc(Br)cc4CCc4cc(Cl)cc(Br)c43)CC2)CC1. The molecule has 5 rings (SSSR count). The Bertz CT molecular complexity index is 1230. The number of hydrogen-bond acceptors (Lipinski definition) is 3. The number of carbonyl (C=O) groups excluding carboxylic acids is 2. The van der Waals surface area contributed by atoms with Gasteiger partial charge in [0.1, 0.15) is 0 Å². The Balaban J connectivity index is 1.33. The van der Waals surface area contributed by atoms with E-state index in [-0.39, 0.29) is 11.8 Å². The van der Waals surface area contributed by atoms with E-state index >= 15 is 0 Å². The fourth-order valence-electron chi connectivity index (χ4n) is 5.89. The van der Waals surface area contributed by atoms with Crippen LogP contribution < -0.4 is 5.73 Å². The second-order valence-electron chi connectivity index (χ2n) is 9.93. The van der Waals surface area contributed by atoms with Crippen LogP contribution >= 0.6 is 43.5 Å². The van der Waals surface area contributed by atoms with Gasteiger partial charge < -0.3 is 15.5 Å². The van der Waals surface area contributed by atoms with E-state index in [2.05, 4.69) is 44.0 Å². The lowest BCUT2D eigenvalue weighted by Gasteiger charge is -2.37. The molecule has 1 aromatic carbocycles. The number of urea groups is 1. The van der Waals surface area contributed by atoms with Crippen molar-refractivity contribution in [3.63, 3.8) is 0 Å². The molecule has 0 radical (unpaired) electrons. The van der Waals surface area contributed by atoms with Gasteiger partial charge in [0.2, 0.25) is 5.91 Å². The second kappa shape index (κ2) is 10.8. The number of primary amides is 1. The minimum absolute atomic E-state index is 0.162. The van der Waals surface area contributed by atoms with Gasteiger partial charge in [0.15, 0.2) is 0 Å². The zero-order chi connectivity index (χ0) is 25.4. The Morgan fingerprint density at radius 2 is 1.78 bits per heavy atom. The molecule has 36 heavy (non-hydrogen) atoms. The van der Waals surface area contributed by atoms with Gasteiger partial charge in [-0.05, 0) is 88.8 Å². The van der Waals surface area contributed by atoms with Crippen LogP contribution in [-0.4, -0.2) is 52.9 Å². The smallest absolute Gasteiger partial charge is 0.315 e. The largest absolute Gasteiger partial charge is 0.351 e. The summed E-state index contributed by atoms with van der Waals surface area (Å²) < 4.78 is 2.04. The Hall–Kier alpha value is -1.90. The van der Waals surface area contributed by atoms with E-state index in [1.54, 1.807) is 4.90 Å². The van der Waals surface area contributed by atoms with Crippen LogP contribution in [0.1, 0.15) is 54.0 Å². The van der Waals surface area contributed by atoms with E-state index in [0.717, 1.165) is 64.0 Å². The average molecular weight is 637 g/mol. The fraction of sp³-hybridized carbons (Fsp3) is 0.444. The summed E-state index contributed by atoms with van der Waals surface area (Å²) in [6.07, 6.45) is 8.71. The zero-order valence-electron chi connectivity index (χ0n) is 20.0. The lowest BCUT2D eigenvalue weighted by molar-refractivity contribution is -0.131. The van der Waals surface area contributed by atoms with E-state index < -0.39 is 6.03 Å². The molecule has 3 heterocycles. The van der Waals surface area contributed by atoms with E-state index in [4.69, 9.17) is 22.3 Å². The summed E-state index contributed by atoms with van der Waals surface area (Å²) in [6.45, 7) is 2.56. The van der Waals surface area contributed by atoms with Crippen LogP contribution in [0.2, 0.25) is 5.02 Å². The highest BCUT2D eigenvalue weighted by atomic mass is 79.9. The van der Waals surface area contributed by atoms with Crippen molar-refractivity contribution in [2.24, 2.45) is 11.7 Å². The first kappa shape index (κ1) is 25.7. The number of nitrogens with zero attached hydrogens (tertiary/aromatic N) is 3. The predicted molar refractivity (Wildman–Crippen MR) is 148 cm³/mol. The minimum atomic E-state index is -0.406. The highest BCUT2D eigenvalue weighted by Gasteiger charge is 2.36. The lowest BCUT2D eigenvalue weighted by atomic mass is 9.76. The van der Waals surface area contributed by atoms with Gasteiger partial charge in [0, 0.05) is 58.7 Å². The first-order chi connectivity index (χ1) is 17.3. The first-order valence-electron chi connectivity index (χ1n) is 12.4. The molecular weight excluding hydrogens is 608 g/mol. The van der Waals surface area contributed by atoms with Crippen molar-refractivity contribution in [1.82, 2.24) is 14.8 Å². The topological polar surface area (TPSA) is 79.5 Å². The summed E-state index contributed by atoms with van der Waals surface area (Å²) in [5.74, 6) is 0.716. The summed E-state index contributed by atoms with van der Waals surface area (Å²) in [7, 11) is 0. The summed E-state index contributed by atoms with van der Waals surface area (Å²) in [5.41, 5.74) is 11.5. The van der Waals surface area contributed by atoms with Crippen molar-refractivity contribution in [2.45, 2.75) is 44.4 Å². The van der Waals surface area contributed by atoms with Crippen molar-refractivity contribution in [3.05, 3.63) is 72.4 Å². The van der Waals surface area contributed by atoms with E-state index in [1.807, 2.05) is 23.2 Å². The van der Waals surface area contributed by atoms with E-state index in [9.17, 15) is 9.59 Å². The zero-order valence-corrected chi connectivity index (χ0v) is 23.9. The number of aromatic nitrogens is 1. The van der Waals surface area contributed by atoms with Crippen LogP contribution in [0.25, 0.3) is 0 Å². The summed E-state index contributed by atoms with van der Waals surface area (Å²) in [4.78, 5) is 33.0. The maximum atomic E-state index is 13.1. The number of nitrogens with two attached hydrogens (primary N) is 1. The summed E-state index contributed by atoms with van der Waals surface area (Å²) in [5, 5.41) is 0.746. The fourth-order valence-corrected chi connectivity index (χ4v) is 7.39. The van der Waals surface area contributed by atoms with Crippen molar-refractivity contribution >= 4 is 55.4 Å². The molecule has 3 aliphatic rings. The molecule has 9 heteroatoms. The molecule has 190 valence electrons.